The van der Waals surface area contributed by atoms with Crippen molar-refractivity contribution in [1.29, 1.82) is 0 Å². The summed E-state index contributed by atoms with van der Waals surface area (Å²) in [7, 11) is 0. The van der Waals surface area contributed by atoms with Crippen molar-refractivity contribution in [2.75, 3.05) is 18.4 Å². The van der Waals surface area contributed by atoms with Crippen LogP contribution in [0.3, 0.4) is 0 Å². The summed E-state index contributed by atoms with van der Waals surface area (Å²) >= 11 is 2.53. The number of likely N-dealkylation sites (tertiary alicyclic amines) is 1. The van der Waals surface area contributed by atoms with E-state index in [9.17, 15) is 9.59 Å². The molecule has 0 spiro atoms. The molecule has 0 bridgehead atoms. The van der Waals surface area contributed by atoms with Gasteiger partial charge in [0.15, 0.2) is 0 Å². The van der Waals surface area contributed by atoms with Crippen molar-refractivity contribution in [3.05, 3.63) is 30.3 Å². The van der Waals surface area contributed by atoms with Crippen molar-refractivity contribution in [2.45, 2.75) is 22.9 Å². The number of aliphatic carboxylic acids is 1. The molecule has 0 radical (unpaired) electrons. The number of benzene rings is 1. The lowest BCUT2D eigenvalue weighted by molar-refractivity contribution is -0.143. The van der Waals surface area contributed by atoms with Crippen LogP contribution < -0.4 is 5.32 Å². The number of aromatic nitrogens is 2. The van der Waals surface area contributed by atoms with Crippen LogP contribution in [0.1, 0.15) is 12.8 Å². The summed E-state index contributed by atoms with van der Waals surface area (Å²) in [6.07, 6.45) is 1.30. The van der Waals surface area contributed by atoms with Crippen LogP contribution in [-0.2, 0) is 4.79 Å². The lowest BCUT2D eigenvalue weighted by atomic mass is 9.99. The van der Waals surface area contributed by atoms with E-state index in [0.717, 1.165) is 16.4 Å². The number of rotatable bonds is 4. The molecular weight excluding hydrogens is 348 g/mol. The Hall–Kier alpha value is -2.13. The molecule has 2 amide bonds. The first-order chi connectivity index (χ1) is 11.6. The predicted octanol–water partition coefficient (Wildman–Crippen LogP) is 3.02. The first kappa shape index (κ1) is 16.7. The van der Waals surface area contributed by atoms with E-state index in [0.29, 0.717) is 29.7 Å². The van der Waals surface area contributed by atoms with Crippen molar-refractivity contribution in [3.8, 4) is 0 Å². The molecule has 2 heterocycles. The second kappa shape index (κ2) is 7.63. The van der Waals surface area contributed by atoms with E-state index in [-0.39, 0.29) is 12.6 Å². The second-order valence-electron chi connectivity index (χ2n) is 5.35. The Labute approximate surface area is 147 Å². The van der Waals surface area contributed by atoms with Crippen LogP contribution in [-0.4, -0.2) is 44.5 Å². The quantitative estimate of drug-likeness (QED) is 0.866. The van der Waals surface area contributed by atoms with Crippen LogP contribution in [0.2, 0.25) is 0 Å². The summed E-state index contributed by atoms with van der Waals surface area (Å²) in [5.74, 6) is -1.35. The van der Waals surface area contributed by atoms with E-state index in [2.05, 4.69) is 14.7 Å². The molecule has 0 aliphatic carbocycles. The Balaban J connectivity index is 1.58. The van der Waals surface area contributed by atoms with Gasteiger partial charge in [-0.2, -0.15) is 9.36 Å². The van der Waals surface area contributed by atoms with E-state index in [1.54, 1.807) is 0 Å². The van der Waals surface area contributed by atoms with Crippen LogP contribution in [0.25, 0.3) is 0 Å². The Kier molecular flexibility index (Phi) is 5.31. The van der Waals surface area contributed by atoms with Gasteiger partial charge in [-0.25, -0.2) is 4.79 Å². The molecule has 1 unspecified atom stereocenters. The highest BCUT2D eigenvalue weighted by Gasteiger charge is 2.28. The third-order valence-electron chi connectivity index (χ3n) is 3.63. The first-order valence-corrected chi connectivity index (χ1v) is 9.06. The summed E-state index contributed by atoms with van der Waals surface area (Å²) in [4.78, 5) is 30.2. The fourth-order valence-electron chi connectivity index (χ4n) is 2.43. The van der Waals surface area contributed by atoms with Crippen molar-refractivity contribution >= 4 is 40.4 Å². The fourth-order valence-corrected chi connectivity index (χ4v) is 3.86. The van der Waals surface area contributed by atoms with Crippen LogP contribution in [0.4, 0.5) is 9.93 Å². The molecule has 0 saturated carbocycles. The number of hydrogen-bond acceptors (Lipinski definition) is 6. The molecule has 1 aliphatic heterocycles. The Morgan fingerprint density at radius 2 is 2.12 bits per heavy atom. The zero-order valence-electron chi connectivity index (χ0n) is 12.7. The molecule has 2 aromatic rings. The van der Waals surface area contributed by atoms with Gasteiger partial charge in [-0.1, -0.05) is 18.2 Å². The van der Waals surface area contributed by atoms with Gasteiger partial charge in [0.2, 0.25) is 10.3 Å². The first-order valence-electron chi connectivity index (χ1n) is 7.47. The van der Waals surface area contributed by atoms with Gasteiger partial charge in [0.25, 0.3) is 0 Å². The third-order valence-corrected chi connectivity index (χ3v) is 5.25. The number of nitrogens with zero attached hydrogens (tertiary/aromatic N) is 3. The minimum atomic E-state index is -0.857. The molecule has 2 N–H and O–H groups in total. The average Bonchev–Trinajstić information content (AvgIpc) is 3.02. The van der Waals surface area contributed by atoms with Crippen molar-refractivity contribution < 1.29 is 14.7 Å². The molecule has 1 fully saturated rings. The number of urea groups is 1. The highest BCUT2D eigenvalue weighted by molar-refractivity contribution is 7.99. The van der Waals surface area contributed by atoms with Gasteiger partial charge in [0.1, 0.15) is 0 Å². The molecule has 9 heteroatoms. The highest BCUT2D eigenvalue weighted by Crippen LogP contribution is 2.27. The lowest BCUT2D eigenvalue weighted by Gasteiger charge is -2.30. The van der Waals surface area contributed by atoms with E-state index >= 15 is 0 Å². The molecule has 1 aromatic carbocycles. The molecular formula is C15H16N4O3S2. The fraction of sp³-hybridized carbons (Fsp3) is 0.333. The van der Waals surface area contributed by atoms with Crippen LogP contribution in [0, 0.1) is 5.92 Å². The van der Waals surface area contributed by atoms with Gasteiger partial charge >= 0.3 is 12.0 Å². The standard InChI is InChI=1S/C15H16N4O3S2/c20-12(21)10-5-4-8-19(9-10)15(22)17-13-16-14(18-24-13)23-11-6-2-1-3-7-11/h1-3,6-7,10H,4-5,8-9H2,(H,20,21)(H,16,17,18,22). The van der Waals surface area contributed by atoms with Gasteiger partial charge in [-0.05, 0) is 36.7 Å². The molecule has 1 saturated heterocycles. The number of nitrogens with one attached hydrogen (secondary N) is 1. The molecule has 7 nitrogen and oxygen atoms in total. The van der Waals surface area contributed by atoms with Gasteiger partial charge in [0, 0.05) is 29.5 Å². The van der Waals surface area contributed by atoms with E-state index < -0.39 is 11.9 Å². The average molecular weight is 364 g/mol. The van der Waals surface area contributed by atoms with Crippen LogP contribution in [0.5, 0.6) is 0 Å². The van der Waals surface area contributed by atoms with Crippen molar-refractivity contribution in [1.82, 2.24) is 14.3 Å². The monoisotopic (exact) mass is 364 g/mol. The highest BCUT2D eigenvalue weighted by atomic mass is 32.2. The summed E-state index contributed by atoms with van der Waals surface area (Å²) in [5.41, 5.74) is 0. The van der Waals surface area contributed by atoms with Gasteiger partial charge in [0.05, 0.1) is 5.92 Å². The molecule has 1 atom stereocenters. The summed E-state index contributed by atoms with van der Waals surface area (Å²) in [6, 6.07) is 9.41. The minimum Gasteiger partial charge on any atom is -0.481 e. The number of carboxylic acid groups (broad SMARTS) is 1. The number of carbonyl (C=O) groups is 2. The minimum absolute atomic E-state index is 0.228. The summed E-state index contributed by atoms with van der Waals surface area (Å²) < 4.78 is 4.22. The van der Waals surface area contributed by atoms with E-state index in [4.69, 9.17) is 5.11 Å². The maximum absolute atomic E-state index is 12.3. The number of piperidine rings is 1. The smallest absolute Gasteiger partial charge is 0.323 e. The zero-order chi connectivity index (χ0) is 16.9. The summed E-state index contributed by atoms with van der Waals surface area (Å²) in [6.45, 7) is 0.783. The number of amides is 2. The normalized spacial score (nSPS) is 17.5. The molecule has 24 heavy (non-hydrogen) atoms. The maximum Gasteiger partial charge on any atom is 0.323 e. The van der Waals surface area contributed by atoms with Crippen LogP contribution in [0.15, 0.2) is 40.4 Å². The van der Waals surface area contributed by atoms with Gasteiger partial charge < -0.3 is 10.0 Å². The molecule has 126 valence electrons. The van der Waals surface area contributed by atoms with Gasteiger partial charge in [-0.15, -0.1) is 0 Å². The Bertz CT molecular complexity index is 723. The topological polar surface area (TPSA) is 95.4 Å². The number of carbonyl (C=O) groups excluding carboxylic acids is 1. The van der Waals surface area contributed by atoms with Crippen molar-refractivity contribution in [3.63, 3.8) is 0 Å². The maximum atomic E-state index is 12.3. The van der Waals surface area contributed by atoms with Gasteiger partial charge in [-0.3, -0.25) is 10.1 Å². The van der Waals surface area contributed by atoms with Crippen molar-refractivity contribution in [2.24, 2.45) is 5.92 Å². The largest absolute Gasteiger partial charge is 0.481 e. The third kappa shape index (κ3) is 4.24. The zero-order valence-corrected chi connectivity index (χ0v) is 14.3. The molecule has 3 rings (SSSR count). The molecule has 1 aliphatic rings. The lowest BCUT2D eigenvalue weighted by Crippen LogP contribution is -2.44. The van der Waals surface area contributed by atoms with E-state index in [1.165, 1.54) is 16.7 Å². The predicted molar refractivity (Wildman–Crippen MR) is 91.4 cm³/mol. The van der Waals surface area contributed by atoms with E-state index in [1.807, 2.05) is 30.3 Å². The SMILES string of the molecule is O=C(O)C1CCCN(C(=O)Nc2nc(Sc3ccccc3)ns2)C1. The molecule has 1 aromatic heterocycles. The van der Waals surface area contributed by atoms with Crippen LogP contribution >= 0.6 is 23.3 Å². The number of hydrogen-bond donors (Lipinski definition) is 2. The Morgan fingerprint density at radius 1 is 1.33 bits per heavy atom. The second-order valence-corrected chi connectivity index (χ2v) is 7.14. The number of carboxylic acids is 1. The summed E-state index contributed by atoms with van der Waals surface area (Å²) in [5, 5.41) is 12.8. The number of anilines is 1. The Morgan fingerprint density at radius 3 is 2.88 bits per heavy atom.